The summed E-state index contributed by atoms with van der Waals surface area (Å²) in [5.74, 6) is -1.07. The number of urea groups is 1. The number of pyridine rings is 1. The molecule has 7 heteroatoms. The first-order valence-electron chi connectivity index (χ1n) is 6.71. The van der Waals surface area contributed by atoms with Gasteiger partial charge >= 0.3 is 12.0 Å². The first-order chi connectivity index (χ1) is 9.99. The van der Waals surface area contributed by atoms with Gasteiger partial charge in [-0.1, -0.05) is 6.07 Å². The highest BCUT2D eigenvalue weighted by Gasteiger charge is 2.17. The van der Waals surface area contributed by atoms with Gasteiger partial charge in [0.2, 0.25) is 0 Å². The zero-order chi connectivity index (χ0) is 15.8. The van der Waals surface area contributed by atoms with Crippen LogP contribution in [0.5, 0.6) is 0 Å². The van der Waals surface area contributed by atoms with E-state index < -0.39 is 5.97 Å². The number of aromatic nitrogens is 1. The van der Waals surface area contributed by atoms with Gasteiger partial charge in [0.05, 0.1) is 12.6 Å². The maximum absolute atomic E-state index is 12.1. The van der Waals surface area contributed by atoms with Gasteiger partial charge in [-0.2, -0.15) is 0 Å². The molecule has 1 rings (SSSR count). The van der Waals surface area contributed by atoms with E-state index in [2.05, 4.69) is 10.3 Å². The van der Waals surface area contributed by atoms with Crippen LogP contribution in [0.2, 0.25) is 0 Å². The predicted molar refractivity (Wildman–Crippen MR) is 77.2 cm³/mol. The van der Waals surface area contributed by atoms with Gasteiger partial charge in [0, 0.05) is 26.4 Å². The van der Waals surface area contributed by atoms with E-state index >= 15 is 0 Å². The zero-order valence-corrected chi connectivity index (χ0v) is 12.5. The van der Waals surface area contributed by atoms with Crippen molar-refractivity contribution in [1.82, 2.24) is 15.2 Å². The number of carboxylic acids is 1. The molecule has 116 valence electrons. The van der Waals surface area contributed by atoms with Crippen LogP contribution in [0.3, 0.4) is 0 Å². The number of rotatable bonds is 7. The SMILES string of the molecule is CCN(C(=O)NCc1ccc(C(=O)O)nc1)C(C)COC. The average Bonchev–Trinajstić information content (AvgIpc) is 2.46. The summed E-state index contributed by atoms with van der Waals surface area (Å²) in [6.07, 6.45) is 1.44. The van der Waals surface area contributed by atoms with Crippen molar-refractivity contribution in [3.05, 3.63) is 29.6 Å². The summed E-state index contributed by atoms with van der Waals surface area (Å²) >= 11 is 0. The number of hydrogen-bond acceptors (Lipinski definition) is 4. The van der Waals surface area contributed by atoms with Crippen LogP contribution in [0.1, 0.15) is 29.9 Å². The van der Waals surface area contributed by atoms with Gasteiger partial charge in [-0.15, -0.1) is 0 Å². The largest absolute Gasteiger partial charge is 0.477 e. The molecule has 1 unspecified atom stereocenters. The third-order valence-corrected chi connectivity index (χ3v) is 3.03. The van der Waals surface area contributed by atoms with Gasteiger partial charge in [-0.05, 0) is 25.5 Å². The molecule has 1 aromatic heterocycles. The Labute approximate surface area is 123 Å². The number of nitrogens with zero attached hydrogens (tertiary/aromatic N) is 2. The first kappa shape index (κ1) is 16.9. The van der Waals surface area contributed by atoms with E-state index in [-0.39, 0.29) is 17.8 Å². The van der Waals surface area contributed by atoms with Crippen LogP contribution in [0, 0.1) is 0 Å². The Bertz CT molecular complexity index is 476. The molecule has 1 atom stereocenters. The summed E-state index contributed by atoms with van der Waals surface area (Å²) in [6, 6.07) is 2.83. The Morgan fingerprint density at radius 2 is 2.19 bits per heavy atom. The molecule has 0 saturated carbocycles. The Balaban J connectivity index is 2.56. The molecule has 1 aromatic rings. The number of carbonyl (C=O) groups is 2. The van der Waals surface area contributed by atoms with Crippen molar-refractivity contribution in [2.24, 2.45) is 0 Å². The average molecular weight is 295 g/mol. The van der Waals surface area contributed by atoms with Crippen molar-refractivity contribution in [2.75, 3.05) is 20.3 Å². The number of amides is 2. The minimum atomic E-state index is -1.07. The minimum absolute atomic E-state index is 0.0195. The number of nitrogens with one attached hydrogen (secondary N) is 1. The van der Waals surface area contributed by atoms with Crippen LogP contribution in [-0.4, -0.2) is 53.3 Å². The third kappa shape index (κ3) is 5.03. The molecule has 7 nitrogen and oxygen atoms in total. The molecule has 21 heavy (non-hydrogen) atoms. The summed E-state index contributed by atoms with van der Waals surface area (Å²) in [7, 11) is 1.60. The number of carbonyl (C=O) groups excluding carboxylic acids is 1. The molecule has 0 aliphatic rings. The summed E-state index contributed by atoms with van der Waals surface area (Å²) in [6.45, 7) is 5.15. The van der Waals surface area contributed by atoms with Gasteiger partial charge in [0.25, 0.3) is 0 Å². The van der Waals surface area contributed by atoms with Crippen molar-refractivity contribution < 1.29 is 19.4 Å². The Hall–Kier alpha value is -2.15. The second-order valence-electron chi connectivity index (χ2n) is 4.61. The number of hydrogen-bond donors (Lipinski definition) is 2. The van der Waals surface area contributed by atoms with Crippen molar-refractivity contribution in [1.29, 1.82) is 0 Å². The molecule has 0 aromatic carbocycles. The molecule has 0 saturated heterocycles. The van der Waals surface area contributed by atoms with Gasteiger partial charge in [0.1, 0.15) is 5.69 Å². The molecule has 0 aliphatic carbocycles. The number of aromatic carboxylic acids is 1. The number of ether oxygens (including phenoxy) is 1. The summed E-state index contributed by atoms with van der Waals surface area (Å²) in [5, 5.41) is 11.5. The minimum Gasteiger partial charge on any atom is -0.477 e. The maximum Gasteiger partial charge on any atom is 0.354 e. The lowest BCUT2D eigenvalue weighted by Gasteiger charge is -2.27. The molecule has 0 bridgehead atoms. The number of likely N-dealkylation sites (N-methyl/N-ethyl adjacent to an activating group) is 1. The monoisotopic (exact) mass is 295 g/mol. The molecular weight excluding hydrogens is 274 g/mol. The van der Waals surface area contributed by atoms with E-state index in [0.29, 0.717) is 19.7 Å². The Morgan fingerprint density at radius 1 is 1.48 bits per heavy atom. The highest BCUT2D eigenvalue weighted by atomic mass is 16.5. The van der Waals surface area contributed by atoms with E-state index in [4.69, 9.17) is 9.84 Å². The van der Waals surface area contributed by atoms with Gasteiger partial charge in [-0.25, -0.2) is 14.6 Å². The molecule has 0 aliphatic heterocycles. The Kier molecular flexibility index (Phi) is 6.61. The molecule has 1 heterocycles. The highest BCUT2D eigenvalue weighted by Crippen LogP contribution is 2.03. The van der Waals surface area contributed by atoms with Gasteiger partial charge in [-0.3, -0.25) is 0 Å². The van der Waals surface area contributed by atoms with Crippen LogP contribution in [0.4, 0.5) is 4.79 Å². The molecule has 0 fully saturated rings. The van der Waals surface area contributed by atoms with Crippen LogP contribution in [-0.2, 0) is 11.3 Å². The van der Waals surface area contributed by atoms with E-state index in [0.717, 1.165) is 5.56 Å². The molecule has 0 spiro atoms. The van der Waals surface area contributed by atoms with E-state index in [9.17, 15) is 9.59 Å². The second kappa shape index (κ2) is 8.21. The lowest BCUT2D eigenvalue weighted by molar-refractivity contribution is 0.0690. The number of carboxylic acid groups (broad SMARTS) is 1. The maximum atomic E-state index is 12.1. The van der Waals surface area contributed by atoms with E-state index in [1.165, 1.54) is 12.3 Å². The van der Waals surface area contributed by atoms with Crippen LogP contribution < -0.4 is 5.32 Å². The topological polar surface area (TPSA) is 91.8 Å². The molecule has 2 amide bonds. The van der Waals surface area contributed by atoms with Crippen molar-refractivity contribution in [2.45, 2.75) is 26.4 Å². The molecular formula is C14H21N3O4. The fourth-order valence-electron chi connectivity index (χ4n) is 1.92. The quantitative estimate of drug-likeness (QED) is 0.792. The predicted octanol–water partition coefficient (Wildman–Crippen LogP) is 1.35. The third-order valence-electron chi connectivity index (χ3n) is 3.03. The highest BCUT2D eigenvalue weighted by molar-refractivity contribution is 5.85. The van der Waals surface area contributed by atoms with Gasteiger partial charge in [0.15, 0.2) is 0 Å². The van der Waals surface area contributed by atoms with Gasteiger partial charge < -0.3 is 20.1 Å². The van der Waals surface area contributed by atoms with Crippen molar-refractivity contribution in [3.8, 4) is 0 Å². The summed E-state index contributed by atoms with van der Waals surface area (Å²) in [4.78, 5) is 28.2. The number of methoxy groups -OCH3 is 1. The fourth-order valence-corrected chi connectivity index (χ4v) is 1.92. The normalized spacial score (nSPS) is 11.8. The van der Waals surface area contributed by atoms with E-state index in [1.54, 1.807) is 18.1 Å². The summed E-state index contributed by atoms with van der Waals surface area (Å²) in [5.41, 5.74) is 0.720. The van der Waals surface area contributed by atoms with Crippen LogP contribution in [0.15, 0.2) is 18.3 Å². The standard InChI is InChI=1S/C14H21N3O4/c1-4-17(10(2)9-21-3)14(20)16-8-11-5-6-12(13(18)19)15-7-11/h5-7,10H,4,8-9H2,1-3H3,(H,16,20)(H,18,19). The summed E-state index contributed by atoms with van der Waals surface area (Å²) < 4.78 is 5.05. The molecule has 2 N–H and O–H groups in total. The van der Waals surface area contributed by atoms with E-state index in [1.807, 2.05) is 13.8 Å². The Morgan fingerprint density at radius 3 is 2.67 bits per heavy atom. The second-order valence-corrected chi connectivity index (χ2v) is 4.61. The van der Waals surface area contributed by atoms with Crippen LogP contribution >= 0.6 is 0 Å². The smallest absolute Gasteiger partial charge is 0.354 e. The van der Waals surface area contributed by atoms with Crippen molar-refractivity contribution in [3.63, 3.8) is 0 Å². The molecule has 0 radical (unpaired) electrons. The van der Waals surface area contributed by atoms with Crippen molar-refractivity contribution >= 4 is 12.0 Å². The fraction of sp³-hybridized carbons (Fsp3) is 0.500. The first-order valence-corrected chi connectivity index (χ1v) is 6.71. The zero-order valence-electron chi connectivity index (χ0n) is 12.5. The lowest BCUT2D eigenvalue weighted by atomic mass is 10.2. The lowest BCUT2D eigenvalue weighted by Crippen LogP contribution is -2.46. The van der Waals surface area contributed by atoms with Crippen LogP contribution in [0.25, 0.3) is 0 Å².